The summed E-state index contributed by atoms with van der Waals surface area (Å²) in [6.07, 6.45) is 2.07. The third-order valence-electron chi connectivity index (χ3n) is 3.04. The second-order valence-corrected chi connectivity index (χ2v) is 4.69. The molecule has 0 spiro atoms. The fourth-order valence-electron chi connectivity index (χ4n) is 2.29. The lowest BCUT2D eigenvalue weighted by molar-refractivity contribution is 0.178. The van der Waals surface area contributed by atoms with Crippen molar-refractivity contribution in [3.8, 4) is 5.75 Å². The maximum absolute atomic E-state index is 13.4. The molecule has 2 nitrogen and oxygen atoms in total. The summed E-state index contributed by atoms with van der Waals surface area (Å²) in [5.41, 5.74) is 0.969. The van der Waals surface area contributed by atoms with Crippen LogP contribution < -0.4 is 10.1 Å². The number of benzene rings is 1. The number of halogens is 2. The summed E-state index contributed by atoms with van der Waals surface area (Å²) in [4.78, 5) is 0. The van der Waals surface area contributed by atoms with Gasteiger partial charge in [0, 0.05) is 11.6 Å². The van der Waals surface area contributed by atoms with Crippen molar-refractivity contribution < 1.29 is 9.13 Å². The molecule has 0 fully saturated rings. The summed E-state index contributed by atoms with van der Waals surface area (Å²) in [7, 11) is 0. The van der Waals surface area contributed by atoms with E-state index in [0.29, 0.717) is 5.75 Å². The molecule has 1 N–H and O–H groups in total. The van der Waals surface area contributed by atoms with E-state index < -0.39 is 5.82 Å². The Balaban J connectivity index is 2.32. The van der Waals surface area contributed by atoms with E-state index in [-0.39, 0.29) is 17.2 Å². The van der Waals surface area contributed by atoms with Crippen molar-refractivity contribution >= 4 is 11.6 Å². The molecule has 0 radical (unpaired) electrons. The average molecular weight is 258 g/mol. The molecule has 0 bridgehead atoms. The number of fused-ring (bicyclic) bond motifs is 1. The first kappa shape index (κ1) is 12.7. The summed E-state index contributed by atoms with van der Waals surface area (Å²) >= 11 is 5.82. The fraction of sp³-hybridized carbons (Fsp3) is 0.538. The molecule has 1 aliphatic heterocycles. The minimum absolute atomic E-state index is 0.0767. The molecular formula is C13H17ClFNO. The van der Waals surface area contributed by atoms with Gasteiger partial charge in [-0.1, -0.05) is 31.9 Å². The third-order valence-corrected chi connectivity index (χ3v) is 3.32. The van der Waals surface area contributed by atoms with Crippen LogP contribution in [0.4, 0.5) is 4.39 Å². The van der Waals surface area contributed by atoms with Crippen LogP contribution in [0.25, 0.3) is 0 Å². The number of hydrogen-bond donors (Lipinski definition) is 1. The summed E-state index contributed by atoms with van der Waals surface area (Å²) < 4.78 is 19.2. The Labute approximate surface area is 106 Å². The van der Waals surface area contributed by atoms with Gasteiger partial charge in [-0.2, -0.15) is 0 Å². The molecule has 1 aromatic carbocycles. The van der Waals surface area contributed by atoms with E-state index in [0.717, 1.165) is 24.9 Å². The average Bonchev–Trinajstić information content (AvgIpc) is 2.59. The monoisotopic (exact) mass is 257 g/mol. The van der Waals surface area contributed by atoms with Crippen LogP contribution in [0.3, 0.4) is 0 Å². The predicted molar refractivity (Wildman–Crippen MR) is 67.2 cm³/mol. The molecule has 1 heterocycles. The first-order chi connectivity index (χ1) is 8.17. The summed E-state index contributed by atoms with van der Waals surface area (Å²) in [6, 6.07) is 3.18. The lowest BCUT2D eigenvalue weighted by Gasteiger charge is -2.19. The molecule has 4 heteroatoms. The Kier molecular flexibility index (Phi) is 3.89. The number of likely N-dealkylation sites (N-methyl/N-ethyl adjacent to an activating group) is 1. The first-order valence-corrected chi connectivity index (χ1v) is 6.44. The van der Waals surface area contributed by atoms with Crippen molar-refractivity contribution in [2.24, 2.45) is 0 Å². The molecule has 0 aliphatic carbocycles. The van der Waals surface area contributed by atoms with Crippen LogP contribution in [0, 0.1) is 5.82 Å². The van der Waals surface area contributed by atoms with E-state index in [2.05, 4.69) is 12.2 Å². The molecule has 1 aliphatic rings. The summed E-state index contributed by atoms with van der Waals surface area (Å²) in [5.74, 6) is 0.203. The Morgan fingerprint density at radius 3 is 2.82 bits per heavy atom. The molecule has 2 unspecified atom stereocenters. The van der Waals surface area contributed by atoms with Gasteiger partial charge in [-0.25, -0.2) is 4.39 Å². The maximum Gasteiger partial charge on any atom is 0.145 e. The second kappa shape index (κ2) is 5.23. The quantitative estimate of drug-likeness (QED) is 0.888. The lowest BCUT2D eigenvalue weighted by atomic mass is 10.0. The highest BCUT2D eigenvalue weighted by Crippen LogP contribution is 2.40. The zero-order chi connectivity index (χ0) is 12.4. The van der Waals surface area contributed by atoms with Gasteiger partial charge in [-0.3, -0.25) is 0 Å². The van der Waals surface area contributed by atoms with Gasteiger partial charge in [0.15, 0.2) is 0 Å². The van der Waals surface area contributed by atoms with E-state index in [9.17, 15) is 4.39 Å². The number of nitrogens with one attached hydrogen (secondary N) is 1. The molecule has 0 aromatic heterocycles. The van der Waals surface area contributed by atoms with Crippen molar-refractivity contribution in [1.29, 1.82) is 0 Å². The fourth-order valence-corrected chi connectivity index (χ4v) is 2.46. The van der Waals surface area contributed by atoms with E-state index in [4.69, 9.17) is 16.3 Å². The van der Waals surface area contributed by atoms with Gasteiger partial charge in [0.25, 0.3) is 0 Å². The van der Waals surface area contributed by atoms with Gasteiger partial charge in [0.1, 0.15) is 17.7 Å². The molecule has 0 saturated carbocycles. The minimum Gasteiger partial charge on any atom is -0.488 e. The molecule has 0 saturated heterocycles. The predicted octanol–water partition coefficient (Wildman–Crippen LogP) is 3.69. The molecular weight excluding hydrogens is 241 g/mol. The van der Waals surface area contributed by atoms with Crippen LogP contribution in [0.15, 0.2) is 12.1 Å². The van der Waals surface area contributed by atoms with Crippen LogP contribution in [0.1, 0.15) is 38.3 Å². The van der Waals surface area contributed by atoms with Gasteiger partial charge < -0.3 is 10.1 Å². The van der Waals surface area contributed by atoms with E-state index >= 15 is 0 Å². The van der Waals surface area contributed by atoms with Crippen LogP contribution in [-0.2, 0) is 0 Å². The van der Waals surface area contributed by atoms with Crippen LogP contribution in [0.2, 0.25) is 5.02 Å². The Morgan fingerprint density at radius 1 is 1.41 bits per heavy atom. The lowest BCUT2D eigenvalue weighted by Crippen LogP contribution is -2.30. The summed E-state index contributed by atoms with van der Waals surface area (Å²) in [5, 5.41) is 3.54. The number of hydrogen-bond acceptors (Lipinski definition) is 2. The highest BCUT2D eigenvalue weighted by Gasteiger charge is 2.33. The minimum atomic E-state index is -0.419. The Bertz CT molecular complexity index is 411. The molecule has 2 atom stereocenters. The smallest absolute Gasteiger partial charge is 0.145 e. The van der Waals surface area contributed by atoms with E-state index in [1.54, 1.807) is 6.07 Å². The van der Waals surface area contributed by atoms with Gasteiger partial charge in [0.2, 0.25) is 0 Å². The second-order valence-electron chi connectivity index (χ2n) is 4.28. The maximum atomic E-state index is 13.4. The van der Waals surface area contributed by atoms with E-state index in [1.165, 1.54) is 6.07 Å². The molecule has 0 amide bonds. The Morgan fingerprint density at radius 2 is 2.18 bits per heavy atom. The summed E-state index contributed by atoms with van der Waals surface area (Å²) in [6.45, 7) is 5.01. The van der Waals surface area contributed by atoms with E-state index in [1.807, 2.05) is 6.92 Å². The highest BCUT2D eigenvalue weighted by atomic mass is 35.5. The SMILES string of the molecule is CCCC1Oc2cc(F)c(Cl)cc2C1NCC. The van der Waals surface area contributed by atoms with Crippen molar-refractivity contribution in [2.45, 2.75) is 38.8 Å². The van der Waals surface area contributed by atoms with Crippen LogP contribution in [0.5, 0.6) is 5.75 Å². The van der Waals surface area contributed by atoms with Crippen LogP contribution in [-0.4, -0.2) is 12.6 Å². The van der Waals surface area contributed by atoms with Gasteiger partial charge in [0.05, 0.1) is 11.1 Å². The molecule has 2 rings (SSSR count). The molecule has 17 heavy (non-hydrogen) atoms. The normalized spacial score (nSPS) is 22.4. The highest BCUT2D eigenvalue weighted by molar-refractivity contribution is 6.30. The van der Waals surface area contributed by atoms with Crippen molar-refractivity contribution in [3.63, 3.8) is 0 Å². The first-order valence-electron chi connectivity index (χ1n) is 6.06. The van der Waals surface area contributed by atoms with Crippen molar-refractivity contribution in [2.75, 3.05) is 6.54 Å². The standard InChI is InChI=1S/C13H17ClFNO/c1-3-5-11-13(16-4-2)8-6-9(14)10(15)7-12(8)17-11/h6-7,11,13,16H,3-5H2,1-2H3. The molecule has 94 valence electrons. The third kappa shape index (κ3) is 2.40. The van der Waals surface area contributed by atoms with Crippen LogP contribution >= 0.6 is 11.6 Å². The van der Waals surface area contributed by atoms with Gasteiger partial charge in [-0.05, 0) is 19.0 Å². The largest absolute Gasteiger partial charge is 0.488 e. The number of rotatable bonds is 4. The Hall–Kier alpha value is -0.800. The number of ether oxygens (including phenoxy) is 1. The molecule has 1 aromatic rings. The van der Waals surface area contributed by atoms with Gasteiger partial charge in [-0.15, -0.1) is 0 Å². The van der Waals surface area contributed by atoms with Crippen molar-refractivity contribution in [3.05, 3.63) is 28.5 Å². The topological polar surface area (TPSA) is 21.3 Å². The van der Waals surface area contributed by atoms with Crippen molar-refractivity contribution in [1.82, 2.24) is 5.32 Å². The zero-order valence-electron chi connectivity index (χ0n) is 10.1. The zero-order valence-corrected chi connectivity index (χ0v) is 10.9. The van der Waals surface area contributed by atoms with Gasteiger partial charge >= 0.3 is 0 Å².